The summed E-state index contributed by atoms with van der Waals surface area (Å²) in [6.07, 6.45) is 1.59. The number of fused-ring (bicyclic) bond motifs is 2. The molecule has 0 spiro atoms. The first-order valence-corrected chi connectivity index (χ1v) is 12.9. The maximum Gasteiger partial charge on any atom is 0.241 e. The molecule has 168 valence electrons. The number of para-hydroxylation sites is 1. The minimum absolute atomic E-state index is 0.0421. The third-order valence-corrected chi connectivity index (χ3v) is 8.14. The van der Waals surface area contributed by atoms with Gasteiger partial charge in [-0.1, -0.05) is 55.9 Å². The lowest BCUT2D eigenvalue weighted by molar-refractivity contribution is 0.323. The second kappa shape index (κ2) is 9.65. The Morgan fingerprint density at radius 1 is 1.00 bits per heavy atom. The number of rotatable bonds is 7. The van der Waals surface area contributed by atoms with Gasteiger partial charge in [-0.05, 0) is 65.8 Å². The monoisotopic (exact) mass is 471 g/mol. The van der Waals surface area contributed by atoms with Crippen molar-refractivity contribution in [1.82, 2.24) is 4.72 Å². The predicted octanol–water partition coefficient (Wildman–Crippen LogP) is 5.56. The Balaban J connectivity index is 1.58. The van der Waals surface area contributed by atoms with Gasteiger partial charge in [-0.15, -0.1) is 0 Å². The number of nitrogens with one attached hydrogen (secondary N) is 1. The molecule has 0 radical (unpaired) electrons. The standard InChI is InChI=1S/C25H26FNO3S2/c1-17(2)22-14-19-9-8-18-10-11-20(26)15-23(18)31-24(19)16-25(22)32(28,29)27-12-13-30-21-6-4-3-5-7-21/h3-7,10-11,14-17,27H,8-9,12-13H2,1-2H3. The van der Waals surface area contributed by atoms with Crippen LogP contribution in [0.1, 0.15) is 36.5 Å². The lowest BCUT2D eigenvalue weighted by Gasteiger charge is -2.18. The van der Waals surface area contributed by atoms with Crippen molar-refractivity contribution in [1.29, 1.82) is 0 Å². The van der Waals surface area contributed by atoms with E-state index < -0.39 is 10.0 Å². The van der Waals surface area contributed by atoms with Gasteiger partial charge in [-0.25, -0.2) is 17.5 Å². The van der Waals surface area contributed by atoms with E-state index in [1.54, 1.807) is 6.07 Å². The van der Waals surface area contributed by atoms with Crippen LogP contribution in [-0.2, 0) is 22.9 Å². The summed E-state index contributed by atoms with van der Waals surface area (Å²) in [6, 6.07) is 17.9. The molecule has 32 heavy (non-hydrogen) atoms. The summed E-state index contributed by atoms with van der Waals surface area (Å²) in [4.78, 5) is 1.98. The van der Waals surface area contributed by atoms with Crippen molar-refractivity contribution in [2.75, 3.05) is 13.2 Å². The molecule has 0 fully saturated rings. The number of hydrogen-bond donors (Lipinski definition) is 1. The summed E-state index contributed by atoms with van der Waals surface area (Å²) in [7, 11) is -3.74. The highest BCUT2D eigenvalue weighted by Crippen LogP contribution is 2.40. The maximum absolute atomic E-state index is 13.8. The fourth-order valence-electron chi connectivity index (χ4n) is 3.76. The first-order chi connectivity index (χ1) is 15.3. The fourth-order valence-corrected chi connectivity index (χ4v) is 6.40. The number of sulfonamides is 1. The van der Waals surface area contributed by atoms with E-state index in [1.807, 2.05) is 56.3 Å². The Hall–Kier alpha value is -2.35. The van der Waals surface area contributed by atoms with Gasteiger partial charge in [0.05, 0.1) is 4.90 Å². The summed E-state index contributed by atoms with van der Waals surface area (Å²) in [5.41, 5.74) is 2.97. The van der Waals surface area contributed by atoms with Crippen LogP contribution in [0.15, 0.2) is 75.4 Å². The summed E-state index contributed by atoms with van der Waals surface area (Å²) in [5.74, 6) is 0.453. The van der Waals surface area contributed by atoms with Crippen molar-refractivity contribution in [3.63, 3.8) is 0 Å². The largest absolute Gasteiger partial charge is 0.492 e. The van der Waals surface area contributed by atoms with Gasteiger partial charge in [0.1, 0.15) is 18.2 Å². The van der Waals surface area contributed by atoms with E-state index in [9.17, 15) is 12.8 Å². The molecule has 0 aromatic heterocycles. The van der Waals surface area contributed by atoms with Crippen LogP contribution in [0.4, 0.5) is 4.39 Å². The molecule has 4 rings (SSSR count). The van der Waals surface area contributed by atoms with Gasteiger partial charge in [-0.3, -0.25) is 0 Å². The van der Waals surface area contributed by atoms with Gasteiger partial charge in [0, 0.05) is 16.3 Å². The van der Waals surface area contributed by atoms with Crippen LogP contribution in [0.3, 0.4) is 0 Å². The topological polar surface area (TPSA) is 55.4 Å². The lowest BCUT2D eigenvalue weighted by Crippen LogP contribution is -2.29. The van der Waals surface area contributed by atoms with Crippen molar-refractivity contribution in [2.24, 2.45) is 0 Å². The van der Waals surface area contributed by atoms with E-state index in [1.165, 1.54) is 23.9 Å². The first-order valence-electron chi connectivity index (χ1n) is 10.6. The van der Waals surface area contributed by atoms with E-state index in [0.29, 0.717) is 5.75 Å². The molecule has 3 aromatic rings. The van der Waals surface area contributed by atoms with Crippen LogP contribution in [0.25, 0.3) is 0 Å². The number of hydrogen-bond acceptors (Lipinski definition) is 4. The molecular weight excluding hydrogens is 445 g/mol. The fraction of sp³-hybridized carbons (Fsp3) is 0.280. The Morgan fingerprint density at radius 2 is 1.72 bits per heavy atom. The predicted molar refractivity (Wildman–Crippen MR) is 126 cm³/mol. The van der Waals surface area contributed by atoms with Gasteiger partial charge < -0.3 is 4.74 Å². The minimum atomic E-state index is -3.74. The SMILES string of the molecule is CC(C)c1cc2c(cc1S(=O)(=O)NCCOc1ccccc1)Sc1cc(F)ccc1CC2. The number of ether oxygens (including phenoxy) is 1. The molecule has 0 bridgehead atoms. The zero-order valence-electron chi connectivity index (χ0n) is 18.1. The van der Waals surface area contributed by atoms with Gasteiger partial charge in [-0.2, -0.15) is 0 Å². The van der Waals surface area contributed by atoms with Crippen molar-refractivity contribution in [3.8, 4) is 5.75 Å². The van der Waals surface area contributed by atoms with Crippen LogP contribution < -0.4 is 9.46 Å². The van der Waals surface area contributed by atoms with Crippen molar-refractivity contribution in [2.45, 2.75) is 47.3 Å². The maximum atomic E-state index is 13.8. The summed E-state index contributed by atoms with van der Waals surface area (Å²) >= 11 is 1.44. The van der Waals surface area contributed by atoms with Crippen molar-refractivity contribution in [3.05, 3.63) is 83.2 Å². The molecule has 0 amide bonds. The second-order valence-corrected chi connectivity index (χ2v) is 10.9. The highest BCUT2D eigenvalue weighted by Gasteiger charge is 2.24. The van der Waals surface area contributed by atoms with Crippen molar-refractivity contribution < 1.29 is 17.5 Å². The van der Waals surface area contributed by atoms with Crippen molar-refractivity contribution >= 4 is 21.8 Å². The minimum Gasteiger partial charge on any atom is -0.492 e. The lowest BCUT2D eigenvalue weighted by atomic mass is 9.97. The van der Waals surface area contributed by atoms with Crippen LogP contribution in [0, 0.1) is 5.82 Å². The zero-order chi connectivity index (χ0) is 22.7. The molecule has 0 saturated heterocycles. The second-order valence-electron chi connectivity index (χ2n) is 8.07. The van der Waals surface area contributed by atoms with Crippen LogP contribution >= 0.6 is 11.8 Å². The Bertz CT molecular complexity index is 1210. The van der Waals surface area contributed by atoms with Crippen LogP contribution in [-0.4, -0.2) is 21.6 Å². The third-order valence-electron chi connectivity index (χ3n) is 5.42. The molecule has 0 unspecified atom stereocenters. The van der Waals surface area contributed by atoms with E-state index in [0.717, 1.165) is 39.3 Å². The summed E-state index contributed by atoms with van der Waals surface area (Å²) in [6.45, 7) is 4.38. The van der Waals surface area contributed by atoms with Gasteiger partial charge in [0.2, 0.25) is 10.0 Å². The van der Waals surface area contributed by atoms with E-state index in [2.05, 4.69) is 4.72 Å². The van der Waals surface area contributed by atoms with Gasteiger partial charge >= 0.3 is 0 Å². The Kier molecular flexibility index (Phi) is 6.88. The van der Waals surface area contributed by atoms with Crippen LogP contribution in [0.5, 0.6) is 5.75 Å². The summed E-state index contributed by atoms with van der Waals surface area (Å²) < 4.78 is 48.5. The smallest absolute Gasteiger partial charge is 0.241 e. The molecular formula is C25H26FNO3S2. The Labute approximate surface area is 193 Å². The molecule has 3 aromatic carbocycles. The molecule has 1 aliphatic heterocycles. The average Bonchev–Trinajstić information content (AvgIpc) is 2.94. The molecule has 0 atom stereocenters. The normalized spacial score (nSPS) is 13.4. The average molecular weight is 472 g/mol. The number of halogens is 1. The van der Waals surface area contributed by atoms with E-state index in [-0.39, 0.29) is 29.8 Å². The quantitative estimate of drug-likeness (QED) is 0.459. The first kappa shape index (κ1) is 22.8. The molecule has 1 N–H and O–H groups in total. The Morgan fingerprint density at radius 3 is 2.47 bits per heavy atom. The van der Waals surface area contributed by atoms with E-state index >= 15 is 0 Å². The van der Waals surface area contributed by atoms with Gasteiger partial charge in [0.25, 0.3) is 0 Å². The van der Waals surface area contributed by atoms with Gasteiger partial charge in [0.15, 0.2) is 0 Å². The number of benzene rings is 3. The molecule has 1 aliphatic rings. The molecule has 7 heteroatoms. The highest BCUT2D eigenvalue weighted by molar-refractivity contribution is 7.99. The van der Waals surface area contributed by atoms with Crippen LogP contribution in [0.2, 0.25) is 0 Å². The molecule has 0 aliphatic carbocycles. The molecule has 1 heterocycles. The summed E-state index contributed by atoms with van der Waals surface area (Å²) in [5, 5.41) is 0. The highest BCUT2D eigenvalue weighted by atomic mass is 32.2. The molecule has 0 saturated carbocycles. The molecule has 4 nitrogen and oxygen atoms in total. The van der Waals surface area contributed by atoms with E-state index in [4.69, 9.17) is 4.74 Å². The zero-order valence-corrected chi connectivity index (χ0v) is 19.7. The number of aryl methyl sites for hydroxylation is 2. The third kappa shape index (κ3) is 5.17.